The van der Waals surface area contributed by atoms with Gasteiger partial charge in [0.2, 0.25) is 0 Å². The highest BCUT2D eigenvalue weighted by atomic mass is 16.5. The van der Waals surface area contributed by atoms with E-state index in [4.69, 9.17) is 14.6 Å². The monoisotopic (exact) mass is 704 g/mol. The molecule has 0 saturated heterocycles. The lowest BCUT2D eigenvalue weighted by molar-refractivity contribution is -0.141. The first-order chi connectivity index (χ1) is 24.5. The van der Waals surface area contributed by atoms with E-state index in [0.29, 0.717) is 40.6 Å². The minimum atomic E-state index is -1.05. The fourth-order valence-electron chi connectivity index (χ4n) is 6.90. The maximum absolute atomic E-state index is 13.8. The molecule has 2 aromatic carbocycles. The van der Waals surface area contributed by atoms with Crippen molar-refractivity contribution in [2.24, 2.45) is 5.92 Å². The van der Waals surface area contributed by atoms with Gasteiger partial charge >= 0.3 is 5.97 Å². The number of carboxylic acids is 1. The molecule has 3 aromatic rings. The molecule has 0 spiro atoms. The van der Waals surface area contributed by atoms with E-state index in [1.54, 1.807) is 48.1 Å². The van der Waals surface area contributed by atoms with Gasteiger partial charge in [-0.05, 0) is 113 Å². The zero-order valence-corrected chi connectivity index (χ0v) is 31.3. The van der Waals surface area contributed by atoms with Crippen LogP contribution in [0.25, 0.3) is 16.9 Å². The number of rotatable bonds is 18. The molecule has 0 radical (unpaired) electrons. The summed E-state index contributed by atoms with van der Waals surface area (Å²) in [6.45, 7) is 7.59. The Hall–Kier alpha value is -4.42. The van der Waals surface area contributed by atoms with E-state index in [1.807, 2.05) is 46.1 Å². The molecule has 2 amide bonds. The Balaban J connectivity index is 1.71. The van der Waals surface area contributed by atoms with Gasteiger partial charge in [-0.15, -0.1) is 0 Å². The number of hydrogen-bond donors (Lipinski definition) is 3. The molecule has 1 unspecified atom stereocenters. The number of benzene rings is 2. The van der Waals surface area contributed by atoms with Crippen LogP contribution in [0.5, 0.6) is 11.5 Å². The van der Waals surface area contributed by atoms with E-state index < -0.39 is 17.9 Å². The van der Waals surface area contributed by atoms with Crippen molar-refractivity contribution in [3.63, 3.8) is 0 Å². The SMILES string of the molecule is CNCCCN(C)CCCN(C)C(=O)c1ccc(-n2nc(C(=O)NC(C(=O)O)C3CCCCC3)cc2-c2c(OC)cccc2OC)c(C(C)C)c1. The molecule has 51 heavy (non-hydrogen) atoms. The fourth-order valence-corrected chi connectivity index (χ4v) is 6.90. The fraction of sp³-hybridized carbons (Fsp3) is 0.538. The summed E-state index contributed by atoms with van der Waals surface area (Å²) < 4.78 is 13.2. The van der Waals surface area contributed by atoms with Crippen LogP contribution in [0.2, 0.25) is 0 Å². The van der Waals surface area contributed by atoms with Crippen LogP contribution in [-0.4, -0.2) is 110 Å². The highest BCUT2D eigenvalue weighted by Gasteiger charge is 2.32. The molecule has 1 saturated carbocycles. The second-order valence-electron chi connectivity index (χ2n) is 13.8. The van der Waals surface area contributed by atoms with Crippen LogP contribution in [0, 0.1) is 5.92 Å². The van der Waals surface area contributed by atoms with Crippen LogP contribution >= 0.6 is 0 Å². The van der Waals surface area contributed by atoms with Crippen molar-refractivity contribution in [2.75, 3.05) is 61.5 Å². The van der Waals surface area contributed by atoms with Gasteiger partial charge in [0, 0.05) is 19.2 Å². The van der Waals surface area contributed by atoms with Crippen molar-refractivity contribution in [3.8, 4) is 28.4 Å². The zero-order chi connectivity index (χ0) is 37.1. The molecule has 1 aliphatic rings. The van der Waals surface area contributed by atoms with Crippen LogP contribution < -0.4 is 20.1 Å². The van der Waals surface area contributed by atoms with E-state index in [9.17, 15) is 19.5 Å². The van der Waals surface area contributed by atoms with Crippen LogP contribution in [0.4, 0.5) is 0 Å². The molecule has 1 heterocycles. The minimum absolute atomic E-state index is 0.0131. The Kier molecular flexibility index (Phi) is 14.4. The van der Waals surface area contributed by atoms with Gasteiger partial charge < -0.3 is 35.0 Å². The number of carbonyl (C=O) groups excluding carboxylic acids is 2. The normalized spacial score (nSPS) is 14.1. The maximum atomic E-state index is 13.8. The first-order valence-electron chi connectivity index (χ1n) is 18.1. The summed E-state index contributed by atoms with van der Waals surface area (Å²) in [5, 5.41) is 20.8. The predicted molar refractivity (Wildman–Crippen MR) is 199 cm³/mol. The average molecular weight is 705 g/mol. The van der Waals surface area contributed by atoms with Gasteiger partial charge in [-0.25, -0.2) is 9.48 Å². The van der Waals surface area contributed by atoms with Crippen molar-refractivity contribution >= 4 is 17.8 Å². The standard InChI is InChI=1S/C39H56N6O6/c1-26(2)29-24-28(38(47)44(5)23-13-22-43(4)21-12-20-40-3)18-19-31(29)45-32(35-33(50-6)16-11-17-34(35)51-7)25-30(42-45)37(46)41-36(39(48)49)27-14-9-8-10-15-27/h11,16-19,24-27,36,40H,8-10,12-15,20-23H2,1-7H3,(H,41,46)(H,48,49). The molecule has 4 rings (SSSR count). The van der Waals surface area contributed by atoms with Crippen molar-refractivity contribution < 1.29 is 29.0 Å². The van der Waals surface area contributed by atoms with Crippen molar-refractivity contribution in [1.82, 2.24) is 30.2 Å². The van der Waals surface area contributed by atoms with Crippen LogP contribution in [0.1, 0.15) is 91.1 Å². The largest absolute Gasteiger partial charge is 0.496 e. The number of amides is 2. The molecule has 1 atom stereocenters. The molecule has 1 aromatic heterocycles. The third kappa shape index (κ3) is 9.89. The second-order valence-corrected chi connectivity index (χ2v) is 13.8. The van der Waals surface area contributed by atoms with Crippen LogP contribution in [0.3, 0.4) is 0 Å². The first kappa shape index (κ1) is 39.4. The van der Waals surface area contributed by atoms with Crippen molar-refractivity contribution in [1.29, 1.82) is 0 Å². The van der Waals surface area contributed by atoms with Crippen LogP contribution in [-0.2, 0) is 4.79 Å². The summed E-state index contributed by atoms with van der Waals surface area (Å²) in [5.74, 6) is -0.826. The number of carboxylic acid groups (broad SMARTS) is 1. The molecule has 3 N–H and O–H groups in total. The lowest BCUT2D eigenvalue weighted by Gasteiger charge is -2.27. The van der Waals surface area contributed by atoms with E-state index in [0.717, 1.165) is 70.1 Å². The maximum Gasteiger partial charge on any atom is 0.326 e. The zero-order valence-electron chi connectivity index (χ0n) is 31.3. The quantitative estimate of drug-likeness (QED) is 0.148. The summed E-state index contributed by atoms with van der Waals surface area (Å²) in [5.41, 5.74) is 3.26. The number of ether oxygens (including phenoxy) is 2. The van der Waals surface area contributed by atoms with Gasteiger partial charge in [0.1, 0.15) is 17.5 Å². The molecule has 12 nitrogen and oxygen atoms in total. The van der Waals surface area contributed by atoms with E-state index >= 15 is 0 Å². The highest BCUT2D eigenvalue weighted by Crippen LogP contribution is 2.40. The molecule has 0 bridgehead atoms. The highest BCUT2D eigenvalue weighted by molar-refractivity contribution is 5.97. The molecule has 278 valence electrons. The summed E-state index contributed by atoms with van der Waals surface area (Å²) >= 11 is 0. The summed E-state index contributed by atoms with van der Waals surface area (Å²) in [6.07, 6.45) is 6.39. The van der Waals surface area contributed by atoms with Gasteiger partial charge in [0.25, 0.3) is 11.8 Å². The molecule has 12 heteroatoms. The van der Waals surface area contributed by atoms with Crippen LogP contribution in [0.15, 0.2) is 42.5 Å². The number of nitrogens with one attached hydrogen (secondary N) is 2. The minimum Gasteiger partial charge on any atom is -0.496 e. The van der Waals surface area contributed by atoms with Gasteiger partial charge in [0.15, 0.2) is 5.69 Å². The number of hydrogen-bond acceptors (Lipinski definition) is 8. The number of nitrogens with zero attached hydrogens (tertiary/aromatic N) is 4. The van der Waals surface area contributed by atoms with E-state index in [1.165, 1.54) is 0 Å². The average Bonchev–Trinajstić information content (AvgIpc) is 3.58. The molecular weight excluding hydrogens is 648 g/mol. The van der Waals surface area contributed by atoms with Crippen molar-refractivity contribution in [2.45, 2.75) is 70.8 Å². The Bertz CT molecular complexity index is 1610. The lowest BCUT2D eigenvalue weighted by Crippen LogP contribution is -2.46. The molecular formula is C39H56N6O6. The summed E-state index contributed by atoms with van der Waals surface area (Å²) in [6, 6.07) is 11.6. The van der Waals surface area contributed by atoms with Gasteiger partial charge in [-0.3, -0.25) is 9.59 Å². The van der Waals surface area contributed by atoms with Crippen molar-refractivity contribution in [3.05, 3.63) is 59.3 Å². The summed E-state index contributed by atoms with van der Waals surface area (Å²) in [7, 11) is 9.01. The van der Waals surface area contributed by atoms with Gasteiger partial charge in [0.05, 0.1) is 31.2 Å². The Morgan fingerprint density at radius 2 is 1.63 bits per heavy atom. The van der Waals surface area contributed by atoms with E-state index in [-0.39, 0.29) is 23.4 Å². The second kappa shape index (κ2) is 18.7. The topological polar surface area (TPSA) is 138 Å². The molecule has 1 aliphatic carbocycles. The Labute approximate surface area is 302 Å². The first-order valence-corrected chi connectivity index (χ1v) is 18.1. The summed E-state index contributed by atoms with van der Waals surface area (Å²) in [4.78, 5) is 43.8. The Morgan fingerprint density at radius 1 is 0.961 bits per heavy atom. The lowest BCUT2D eigenvalue weighted by atomic mass is 9.84. The number of carbonyl (C=O) groups is 3. The number of aliphatic carboxylic acids is 1. The third-order valence-corrected chi connectivity index (χ3v) is 9.77. The Morgan fingerprint density at radius 3 is 2.24 bits per heavy atom. The predicted octanol–water partition coefficient (Wildman–Crippen LogP) is 5.45. The molecule has 1 fully saturated rings. The van der Waals surface area contributed by atoms with Gasteiger partial charge in [-0.1, -0.05) is 39.2 Å². The third-order valence-electron chi connectivity index (χ3n) is 9.77. The number of aromatic nitrogens is 2. The molecule has 0 aliphatic heterocycles. The van der Waals surface area contributed by atoms with Gasteiger partial charge in [-0.2, -0.15) is 5.10 Å². The number of methoxy groups -OCH3 is 2. The smallest absolute Gasteiger partial charge is 0.326 e. The van der Waals surface area contributed by atoms with E-state index in [2.05, 4.69) is 22.6 Å².